The molecule has 0 saturated carbocycles. The zero-order valence-electron chi connectivity index (χ0n) is 11.7. The molecule has 0 aromatic heterocycles. The van der Waals surface area contributed by atoms with Crippen molar-refractivity contribution in [3.05, 3.63) is 70.3 Å². The third-order valence-corrected chi connectivity index (χ3v) is 3.70. The predicted molar refractivity (Wildman–Crippen MR) is 77.3 cm³/mol. The van der Waals surface area contributed by atoms with Crippen molar-refractivity contribution in [3.8, 4) is 0 Å². The summed E-state index contributed by atoms with van der Waals surface area (Å²) in [6.07, 6.45) is -2.11. The molecule has 5 heteroatoms. The van der Waals surface area contributed by atoms with E-state index in [2.05, 4.69) is 4.74 Å². The zero-order chi connectivity index (χ0) is 15.9. The van der Waals surface area contributed by atoms with Crippen molar-refractivity contribution in [1.29, 1.82) is 0 Å². The topological polar surface area (TPSA) is 80.7 Å². The van der Waals surface area contributed by atoms with E-state index >= 15 is 0 Å². The number of carbonyl (C=O) groups is 3. The normalized spacial score (nSPS) is 14.0. The van der Waals surface area contributed by atoms with E-state index in [1.165, 1.54) is 6.07 Å². The van der Waals surface area contributed by atoms with Crippen LogP contribution in [0, 0.1) is 0 Å². The Morgan fingerprint density at radius 2 is 1.50 bits per heavy atom. The standard InChI is InChI=1S/C17H12O5/c1-9(22-17(20)21)10-6-7-13-14(8-10)16(19)12-5-3-2-4-11(12)15(13)18/h2-9H,1H3,(H,20,21). The Hall–Kier alpha value is -2.95. The largest absolute Gasteiger partial charge is 0.506 e. The maximum Gasteiger partial charge on any atom is 0.506 e. The van der Waals surface area contributed by atoms with Crippen LogP contribution in [-0.2, 0) is 4.74 Å². The summed E-state index contributed by atoms with van der Waals surface area (Å²) in [4.78, 5) is 35.6. The van der Waals surface area contributed by atoms with Gasteiger partial charge in [-0.3, -0.25) is 9.59 Å². The first-order valence-corrected chi connectivity index (χ1v) is 6.71. The first-order valence-electron chi connectivity index (χ1n) is 6.71. The first kappa shape index (κ1) is 14.0. The van der Waals surface area contributed by atoms with Gasteiger partial charge < -0.3 is 9.84 Å². The van der Waals surface area contributed by atoms with E-state index in [0.29, 0.717) is 22.3 Å². The van der Waals surface area contributed by atoms with Crippen LogP contribution in [0.1, 0.15) is 50.4 Å². The lowest BCUT2D eigenvalue weighted by Crippen LogP contribution is -2.21. The Labute approximate surface area is 126 Å². The first-order chi connectivity index (χ1) is 10.5. The molecule has 1 atom stereocenters. The van der Waals surface area contributed by atoms with Gasteiger partial charge >= 0.3 is 6.16 Å². The van der Waals surface area contributed by atoms with Gasteiger partial charge in [0.2, 0.25) is 0 Å². The number of hydrogen-bond donors (Lipinski definition) is 1. The number of carbonyl (C=O) groups excluding carboxylic acids is 2. The second-order valence-electron chi connectivity index (χ2n) is 5.03. The van der Waals surface area contributed by atoms with E-state index in [4.69, 9.17) is 5.11 Å². The second-order valence-corrected chi connectivity index (χ2v) is 5.03. The Balaban J connectivity index is 2.08. The van der Waals surface area contributed by atoms with Gasteiger partial charge in [-0.2, -0.15) is 0 Å². The molecule has 0 aliphatic heterocycles. The van der Waals surface area contributed by atoms with Crippen LogP contribution in [0.2, 0.25) is 0 Å². The van der Waals surface area contributed by atoms with E-state index in [9.17, 15) is 14.4 Å². The Morgan fingerprint density at radius 1 is 0.955 bits per heavy atom. The summed E-state index contributed by atoms with van der Waals surface area (Å²) in [5.74, 6) is -0.446. The van der Waals surface area contributed by atoms with Crippen molar-refractivity contribution in [2.24, 2.45) is 0 Å². The molecule has 1 unspecified atom stereocenters. The molecule has 0 saturated heterocycles. The van der Waals surface area contributed by atoms with Gasteiger partial charge in [-0.15, -0.1) is 0 Å². The number of benzene rings is 2. The fourth-order valence-corrected chi connectivity index (χ4v) is 2.59. The highest BCUT2D eigenvalue weighted by Crippen LogP contribution is 2.29. The van der Waals surface area contributed by atoms with E-state index in [0.717, 1.165) is 0 Å². The van der Waals surface area contributed by atoms with Crippen LogP contribution in [0.25, 0.3) is 0 Å². The summed E-state index contributed by atoms with van der Waals surface area (Å²) in [7, 11) is 0. The lowest BCUT2D eigenvalue weighted by Gasteiger charge is -2.19. The van der Waals surface area contributed by atoms with Crippen LogP contribution in [0.3, 0.4) is 0 Å². The van der Waals surface area contributed by atoms with Gasteiger partial charge in [-0.25, -0.2) is 4.79 Å². The van der Waals surface area contributed by atoms with E-state index in [1.54, 1.807) is 43.3 Å². The van der Waals surface area contributed by atoms with Crippen molar-refractivity contribution in [2.75, 3.05) is 0 Å². The quantitative estimate of drug-likeness (QED) is 0.734. The molecule has 2 aromatic rings. The molecule has 22 heavy (non-hydrogen) atoms. The van der Waals surface area contributed by atoms with Gasteiger partial charge in [0.1, 0.15) is 6.10 Å². The molecular formula is C17H12O5. The maximum absolute atomic E-state index is 12.5. The summed E-state index contributed by atoms with van der Waals surface area (Å²) in [6.45, 7) is 1.57. The highest BCUT2D eigenvalue weighted by Gasteiger charge is 2.29. The number of ketones is 2. The fraction of sp³-hybridized carbons (Fsp3) is 0.118. The van der Waals surface area contributed by atoms with Crippen molar-refractivity contribution >= 4 is 17.7 Å². The van der Waals surface area contributed by atoms with Gasteiger partial charge in [-0.05, 0) is 24.6 Å². The van der Waals surface area contributed by atoms with E-state index in [-0.39, 0.29) is 17.1 Å². The maximum atomic E-state index is 12.5. The molecule has 0 radical (unpaired) electrons. The smallest absolute Gasteiger partial charge is 0.450 e. The summed E-state index contributed by atoms with van der Waals surface area (Å²) >= 11 is 0. The van der Waals surface area contributed by atoms with Crippen LogP contribution in [0.4, 0.5) is 4.79 Å². The van der Waals surface area contributed by atoms with Gasteiger partial charge in [0.25, 0.3) is 0 Å². The number of carboxylic acid groups (broad SMARTS) is 1. The number of rotatable bonds is 2. The monoisotopic (exact) mass is 296 g/mol. The lowest BCUT2D eigenvalue weighted by atomic mass is 9.83. The summed E-state index contributed by atoms with van der Waals surface area (Å²) in [5, 5.41) is 8.66. The molecule has 0 bridgehead atoms. The average molecular weight is 296 g/mol. The van der Waals surface area contributed by atoms with Gasteiger partial charge in [-0.1, -0.05) is 30.3 Å². The third-order valence-electron chi connectivity index (χ3n) is 3.70. The Bertz CT molecular complexity index is 806. The SMILES string of the molecule is CC(OC(=O)O)c1ccc2c(c1)C(=O)c1ccccc1C2=O. The number of fused-ring (bicyclic) bond motifs is 2. The molecule has 0 spiro atoms. The van der Waals surface area contributed by atoms with Crippen molar-refractivity contribution in [2.45, 2.75) is 13.0 Å². The van der Waals surface area contributed by atoms with Crippen LogP contribution >= 0.6 is 0 Å². The zero-order valence-corrected chi connectivity index (χ0v) is 11.7. The molecule has 0 heterocycles. The minimum Gasteiger partial charge on any atom is -0.450 e. The molecule has 3 rings (SSSR count). The van der Waals surface area contributed by atoms with Crippen LogP contribution in [-0.4, -0.2) is 22.8 Å². The summed E-state index contributed by atoms with van der Waals surface area (Å²) in [5.41, 5.74) is 1.89. The average Bonchev–Trinajstić information content (AvgIpc) is 2.51. The second kappa shape index (κ2) is 5.11. The molecule has 110 valence electrons. The van der Waals surface area contributed by atoms with Crippen molar-refractivity contribution < 1.29 is 24.2 Å². The number of ether oxygens (including phenoxy) is 1. The van der Waals surface area contributed by atoms with Crippen molar-refractivity contribution in [1.82, 2.24) is 0 Å². The molecule has 1 aliphatic rings. The predicted octanol–water partition coefficient (Wildman–Crippen LogP) is 3.22. The van der Waals surface area contributed by atoms with Crippen LogP contribution in [0.5, 0.6) is 0 Å². The van der Waals surface area contributed by atoms with Crippen LogP contribution < -0.4 is 0 Å². The molecule has 0 amide bonds. The number of hydrogen-bond acceptors (Lipinski definition) is 4. The minimum absolute atomic E-state index is 0.205. The molecule has 0 fully saturated rings. The molecule has 2 aromatic carbocycles. The fourth-order valence-electron chi connectivity index (χ4n) is 2.59. The molecule has 1 N–H and O–H groups in total. The Morgan fingerprint density at radius 3 is 2.09 bits per heavy atom. The summed E-state index contributed by atoms with van der Waals surface area (Å²) in [6, 6.07) is 11.3. The highest BCUT2D eigenvalue weighted by atomic mass is 16.7. The van der Waals surface area contributed by atoms with Gasteiger partial charge in [0.15, 0.2) is 11.6 Å². The minimum atomic E-state index is -1.39. The highest BCUT2D eigenvalue weighted by molar-refractivity contribution is 6.28. The molecule has 5 nitrogen and oxygen atoms in total. The van der Waals surface area contributed by atoms with E-state index < -0.39 is 12.3 Å². The Kier molecular flexibility index (Phi) is 3.25. The van der Waals surface area contributed by atoms with Crippen molar-refractivity contribution in [3.63, 3.8) is 0 Å². The van der Waals surface area contributed by atoms with Crippen LogP contribution in [0.15, 0.2) is 42.5 Å². The van der Waals surface area contributed by atoms with Gasteiger partial charge in [0, 0.05) is 22.3 Å². The summed E-state index contributed by atoms with van der Waals surface area (Å²) < 4.78 is 4.68. The van der Waals surface area contributed by atoms with Gasteiger partial charge in [0.05, 0.1) is 0 Å². The molecule has 1 aliphatic carbocycles. The van der Waals surface area contributed by atoms with E-state index in [1.807, 2.05) is 0 Å². The molecular weight excluding hydrogens is 284 g/mol. The lowest BCUT2D eigenvalue weighted by molar-refractivity contribution is 0.0586. The third kappa shape index (κ3) is 2.16.